The van der Waals surface area contributed by atoms with Gasteiger partial charge in [-0.25, -0.2) is 12.7 Å². The average Bonchev–Trinajstić information content (AvgIpc) is 2.82. The van der Waals surface area contributed by atoms with Crippen LogP contribution in [0.15, 0.2) is 24.3 Å². The number of rotatable bonds is 3. The third-order valence-corrected chi connectivity index (χ3v) is 5.76. The molecule has 2 atom stereocenters. The fraction of sp³-hybridized carbons (Fsp3) is 0.600. The van der Waals surface area contributed by atoms with Crippen molar-refractivity contribution < 1.29 is 8.42 Å². The Morgan fingerprint density at radius 2 is 2.15 bits per heavy atom. The molecule has 5 heteroatoms. The Morgan fingerprint density at radius 1 is 1.35 bits per heavy atom. The summed E-state index contributed by atoms with van der Waals surface area (Å²) >= 11 is 0. The Balaban J connectivity index is 1.67. The molecule has 1 saturated heterocycles. The molecule has 2 unspecified atom stereocenters. The maximum absolute atomic E-state index is 11.7. The molecule has 0 aliphatic carbocycles. The molecule has 0 spiro atoms. The first-order chi connectivity index (χ1) is 9.54. The van der Waals surface area contributed by atoms with Gasteiger partial charge in [-0.05, 0) is 36.3 Å². The van der Waals surface area contributed by atoms with Gasteiger partial charge in [-0.1, -0.05) is 24.3 Å². The fourth-order valence-corrected chi connectivity index (χ4v) is 4.38. The van der Waals surface area contributed by atoms with Crippen LogP contribution in [0.2, 0.25) is 0 Å². The molecule has 0 bridgehead atoms. The molecule has 4 nitrogen and oxygen atoms in total. The second kappa shape index (κ2) is 5.47. The Hall–Kier alpha value is -0.910. The molecule has 2 aliphatic rings. The topological polar surface area (TPSA) is 49.4 Å². The van der Waals surface area contributed by atoms with Crippen molar-refractivity contribution in [1.82, 2.24) is 9.62 Å². The summed E-state index contributed by atoms with van der Waals surface area (Å²) in [6.45, 7) is 2.30. The highest BCUT2D eigenvalue weighted by molar-refractivity contribution is 7.88. The zero-order valence-electron chi connectivity index (χ0n) is 11.9. The van der Waals surface area contributed by atoms with Crippen LogP contribution in [0.25, 0.3) is 0 Å². The van der Waals surface area contributed by atoms with Gasteiger partial charge in [0.1, 0.15) is 0 Å². The van der Waals surface area contributed by atoms with E-state index in [1.54, 1.807) is 4.31 Å². The van der Waals surface area contributed by atoms with Crippen molar-refractivity contribution >= 4 is 10.0 Å². The summed E-state index contributed by atoms with van der Waals surface area (Å²) in [7, 11) is -3.04. The van der Waals surface area contributed by atoms with Crippen LogP contribution in [0.1, 0.15) is 36.4 Å². The first kappa shape index (κ1) is 14.0. The summed E-state index contributed by atoms with van der Waals surface area (Å²) in [5.74, 6) is 0.460. The van der Waals surface area contributed by atoms with E-state index in [1.807, 2.05) is 0 Å². The lowest BCUT2D eigenvalue weighted by Crippen LogP contribution is -2.40. The molecule has 2 heterocycles. The smallest absolute Gasteiger partial charge is 0.211 e. The number of piperidine rings is 1. The van der Waals surface area contributed by atoms with E-state index < -0.39 is 10.0 Å². The Kier molecular flexibility index (Phi) is 3.84. The predicted molar refractivity (Wildman–Crippen MR) is 79.8 cm³/mol. The van der Waals surface area contributed by atoms with Crippen LogP contribution < -0.4 is 5.32 Å². The summed E-state index contributed by atoms with van der Waals surface area (Å²) in [4.78, 5) is 0. The van der Waals surface area contributed by atoms with Crippen LogP contribution >= 0.6 is 0 Å². The first-order valence-electron chi connectivity index (χ1n) is 7.30. The lowest BCUT2D eigenvalue weighted by Gasteiger charge is -2.32. The minimum Gasteiger partial charge on any atom is -0.306 e. The van der Waals surface area contributed by atoms with Crippen molar-refractivity contribution in [3.63, 3.8) is 0 Å². The molecule has 0 aromatic heterocycles. The zero-order chi connectivity index (χ0) is 14.2. The molecule has 2 aliphatic heterocycles. The van der Waals surface area contributed by atoms with Crippen LogP contribution in [0.4, 0.5) is 0 Å². The third kappa shape index (κ3) is 2.90. The van der Waals surface area contributed by atoms with E-state index in [2.05, 4.69) is 29.6 Å². The number of hydrogen-bond donors (Lipinski definition) is 1. The minimum absolute atomic E-state index is 0.385. The van der Waals surface area contributed by atoms with Crippen LogP contribution in [-0.4, -0.2) is 32.1 Å². The van der Waals surface area contributed by atoms with Crippen LogP contribution in [-0.2, 0) is 16.6 Å². The standard InChI is InChI=1S/C15H22N2O2S/c1-20(18,19)17-8-4-5-12(11-17)9-15-14-7-3-2-6-13(14)10-16-15/h2-3,6-7,12,15-16H,4-5,8-11H2,1H3. The summed E-state index contributed by atoms with van der Waals surface area (Å²) in [5, 5.41) is 3.55. The van der Waals surface area contributed by atoms with Crippen LogP contribution in [0, 0.1) is 5.92 Å². The van der Waals surface area contributed by atoms with Gasteiger partial charge in [0.2, 0.25) is 10.0 Å². The molecule has 0 amide bonds. The number of nitrogens with zero attached hydrogens (tertiary/aromatic N) is 1. The first-order valence-corrected chi connectivity index (χ1v) is 9.15. The van der Waals surface area contributed by atoms with Gasteiger partial charge in [-0.2, -0.15) is 0 Å². The summed E-state index contributed by atoms with van der Waals surface area (Å²) in [6, 6.07) is 8.91. The normalized spacial score (nSPS) is 27.4. The Labute approximate surface area is 121 Å². The molecule has 3 rings (SSSR count). The number of sulfonamides is 1. The highest BCUT2D eigenvalue weighted by Crippen LogP contribution is 2.33. The van der Waals surface area contributed by atoms with Crippen LogP contribution in [0.5, 0.6) is 0 Å². The molecule has 0 saturated carbocycles. The second-order valence-electron chi connectivity index (χ2n) is 6.00. The zero-order valence-corrected chi connectivity index (χ0v) is 12.7. The van der Waals surface area contributed by atoms with Gasteiger partial charge in [0.05, 0.1) is 6.26 Å². The Bertz CT molecular complexity index is 585. The van der Waals surface area contributed by atoms with E-state index in [1.165, 1.54) is 17.4 Å². The highest BCUT2D eigenvalue weighted by atomic mass is 32.2. The average molecular weight is 294 g/mol. The van der Waals surface area contributed by atoms with Gasteiger partial charge < -0.3 is 5.32 Å². The number of benzene rings is 1. The molecule has 1 fully saturated rings. The van der Waals surface area contributed by atoms with Crippen molar-refractivity contribution in [2.75, 3.05) is 19.3 Å². The van der Waals surface area contributed by atoms with Gasteiger partial charge in [-0.15, -0.1) is 0 Å². The molecule has 0 radical (unpaired) electrons. The molecule has 1 aromatic rings. The largest absolute Gasteiger partial charge is 0.306 e. The van der Waals surface area contributed by atoms with Gasteiger partial charge in [0.15, 0.2) is 0 Å². The van der Waals surface area contributed by atoms with Crippen molar-refractivity contribution in [2.45, 2.75) is 31.8 Å². The monoisotopic (exact) mass is 294 g/mol. The number of hydrogen-bond acceptors (Lipinski definition) is 3. The lowest BCUT2D eigenvalue weighted by molar-refractivity contribution is 0.241. The van der Waals surface area contributed by atoms with E-state index in [0.717, 1.165) is 25.8 Å². The third-order valence-electron chi connectivity index (χ3n) is 4.49. The maximum atomic E-state index is 11.7. The summed E-state index contributed by atoms with van der Waals surface area (Å²) < 4.78 is 25.0. The van der Waals surface area contributed by atoms with E-state index in [-0.39, 0.29) is 0 Å². The minimum atomic E-state index is -3.04. The molecular weight excluding hydrogens is 272 g/mol. The summed E-state index contributed by atoms with van der Waals surface area (Å²) in [6.07, 6.45) is 4.46. The van der Waals surface area contributed by atoms with Gasteiger partial charge in [0.25, 0.3) is 0 Å². The van der Waals surface area contributed by atoms with Gasteiger partial charge >= 0.3 is 0 Å². The van der Waals surface area contributed by atoms with Gasteiger partial charge in [0, 0.05) is 25.7 Å². The van der Waals surface area contributed by atoms with E-state index >= 15 is 0 Å². The molecule has 1 aromatic carbocycles. The molecule has 1 N–H and O–H groups in total. The van der Waals surface area contributed by atoms with E-state index in [9.17, 15) is 8.42 Å². The Morgan fingerprint density at radius 3 is 2.95 bits per heavy atom. The fourth-order valence-electron chi connectivity index (χ4n) is 3.44. The van der Waals surface area contributed by atoms with Gasteiger partial charge in [-0.3, -0.25) is 0 Å². The predicted octanol–water partition coefficient (Wildman–Crippen LogP) is 1.89. The van der Waals surface area contributed by atoms with Crippen molar-refractivity contribution in [3.05, 3.63) is 35.4 Å². The van der Waals surface area contributed by atoms with Crippen molar-refractivity contribution in [3.8, 4) is 0 Å². The van der Waals surface area contributed by atoms with E-state index in [0.29, 0.717) is 25.0 Å². The molecular formula is C15H22N2O2S. The SMILES string of the molecule is CS(=O)(=O)N1CCCC(CC2NCc3ccccc32)C1. The quantitative estimate of drug-likeness (QED) is 0.926. The summed E-state index contributed by atoms with van der Waals surface area (Å²) in [5.41, 5.74) is 2.78. The van der Waals surface area contributed by atoms with Crippen molar-refractivity contribution in [2.24, 2.45) is 5.92 Å². The lowest BCUT2D eigenvalue weighted by atomic mass is 9.90. The number of nitrogens with one attached hydrogen (secondary N) is 1. The number of fused-ring (bicyclic) bond motifs is 1. The highest BCUT2D eigenvalue weighted by Gasteiger charge is 2.30. The molecule has 110 valence electrons. The van der Waals surface area contributed by atoms with Crippen molar-refractivity contribution in [1.29, 1.82) is 0 Å². The van der Waals surface area contributed by atoms with Crippen LogP contribution in [0.3, 0.4) is 0 Å². The maximum Gasteiger partial charge on any atom is 0.211 e. The molecule has 20 heavy (non-hydrogen) atoms. The second-order valence-corrected chi connectivity index (χ2v) is 7.98. The van der Waals surface area contributed by atoms with E-state index in [4.69, 9.17) is 0 Å².